The van der Waals surface area contributed by atoms with Crippen LogP contribution in [0.1, 0.15) is 41.6 Å². The highest BCUT2D eigenvalue weighted by Gasteiger charge is 2.36. The molecule has 0 radical (unpaired) electrons. The molecule has 2 N–H and O–H groups in total. The fourth-order valence-corrected chi connectivity index (χ4v) is 4.34. The zero-order valence-corrected chi connectivity index (χ0v) is 17.8. The molecule has 0 aliphatic rings. The molecule has 1 aromatic carbocycles. The van der Waals surface area contributed by atoms with Gasteiger partial charge in [0.25, 0.3) is 11.5 Å². The third kappa shape index (κ3) is 3.44. The minimum atomic E-state index is -1.31. The summed E-state index contributed by atoms with van der Waals surface area (Å²) in [5.41, 5.74) is 5.89. The molecule has 2 heterocycles. The van der Waals surface area contributed by atoms with Crippen LogP contribution in [0.3, 0.4) is 0 Å². The van der Waals surface area contributed by atoms with E-state index in [-0.39, 0.29) is 16.9 Å². The van der Waals surface area contributed by atoms with Gasteiger partial charge in [-0.05, 0) is 46.2 Å². The summed E-state index contributed by atoms with van der Waals surface area (Å²) in [4.78, 5) is 43.5. The predicted octanol–water partition coefficient (Wildman–Crippen LogP) is 3.14. The highest BCUT2D eigenvalue weighted by Crippen LogP contribution is 2.32. The maximum Gasteiger partial charge on any atom is 0.331 e. The third-order valence-corrected chi connectivity index (χ3v) is 6.00. The maximum atomic E-state index is 13.6. The van der Waals surface area contributed by atoms with Crippen molar-refractivity contribution >= 4 is 33.4 Å². The molecule has 0 fully saturated rings. The zero-order chi connectivity index (χ0) is 21.5. The lowest BCUT2D eigenvalue weighted by Gasteiger charge is -2.27. The summed E-state index contributed by atoms with van der Waals surface area (Å²) in [6, 6.07) is 7.51. The second-order valence-corrected chi connectivity index (χ2v) is 8.32. The fraction of sp³-hybridized carbons (Fsp3) is 0.333. The van der Waals surface area contributed by atoms with Crippen molar-refractivity contribution in [2.75, 3.05) is 6.61 Å². The molecule has 3 aromatic rings. The number of nitrogens with two attached hydrogens (primary N) is 1. The molecule has 8 heteroatoms. The highest BCUT2D eigenvalue weighted by atomic mass is 32.1. The lowest BCUT2D eigenvalue weighted by atomic mass is 10.0. The Morgan fingerprint density at radius 2 is 1.97 bits per heavy atom. The van der Waals surface area contributed by atoms with Crippen LogP contribution in [0.15, 0.2) is 29.1 Å². The van der Waals surface area contributed by atoms with Crippen molar-refractivity contribution in [1.82, 2.24) is 9.55 Å². The standard InChI is InChI=1S/C21H23N3O4S/c1-6-28-20(27)21(4,5)24-17(13-9-7-8-11(2)10-13)23-18-14(19(24)26)12(3)15(29-18)16(22)25/h7-10H,6H2,1-5H3,(H2,22,25). The summed E-state index contributed by atoms with van der Waals surface area (Å²) < 4.78 is 6.57. The highest BCUT2D eigenvalue weighted by molar-refractivity contribution is 7.20. The van der Waals surface area contributed by atoms with E-state index >= 15 is 0 Å². The molecule has 0 aliphatic carbocycles. The molecule has 0 bridgehead atoms. The van der Waals surface area contributed by atoms with Gasteiger partial charge in [0, 0.05) is 5.56 Å². The Morgan fingerprint density at radius 1 is 1.28 bits per heavy atom. The van der Waals surface area contributed by atoms with Gasteiger partial charge in [0.15, 0.2) is 0 Å². The Morgan fingerprint density at radius 3 is 2.55 bits per heavy atom. The van der Waals surface area contributed by atoms with Crippen molar-refractivity contribution in [3.8, 4) is 11.4 Å². The monoisotopic (exact) mass is 413 g/mol. The number of ether oxygens (including phenoxy) is 1. The second-order valence-electron chi connectivity index (χ2n) is 7.33. The molecule has 152 valence electrons. The van der Waals surface area contributed by atoms with Crippen molar-refractivity contribution in [3.63, 3.8) is 0 Å². The quantitative estimate of drug-likeness (QED) is 0.647. The summed E-state index contributed by atoms with van der Waals surface area (Å²) in [5, 5.41) is 0.289. The van der Waals surface area contributed by atoms with Crippen LogP contribution in [0.25, 0.3) is 21.6 Å². The number of hydrogen-bond acceptors (Lipinski definition) is 6. The predicted molar refractivity (Wildman–Crippen MR) is 113 cm³/mol. The van der Waals surface area contributed by atoms with E-state index in [1.165, 1.54) is 4.57 Å². The first kappa shape index (κ1) is 20.7. The van der Waals surface area contributed by atoms with Crippen LogP contribution in [0.2, 0.25) is 0 Å². The number of aromatic nitrogens is 2. The molecular weight excluding hydrogens is 390 g/mol. The lowest BCUT2D eigenvalue weighted by Crippen LogP contribution is -2.45. The van der Waals surface area contributed by atoms with Crippen molar-refractivity contribution < 1.29 is 14.3 Å². The number of rotatable bonds is 5. The van der Waals surface area contributed by atoms with Crippen LogP contribution < -0.4 is 11.3 Å². The first-order chi connectivity index (χ1) is 13.6. The molecule has 0 saturated carbocycles. The Hall–Kier alpha value is -3.00. The van der Waals surface area contributed by atoms with Crippen LogP contribution in [-0.2, 0) is 15.1 Å². The van der Waals surface area contributed by atoms with Crippen molar-refractivity contribution in [2.45, 2.75) is 40.2 Å². The molecule has 0 unspecified atom stereocenters. The van der Waals surface area contributed by atoms with Gasteiger partial charge in [0.1, 0.15) is 16.2 Å². The van der Waals surface area contributed by atoms with Crippen LogP contribution >= 0.6 is 11.3 Å². The van der Waals surface area contributed by atoms with Gasteiger partial charge >= 0.3 is 5.97 Å². The number of hydrogen-bond donors (Lipinski definition) is 1. The molecule has 0 spiro atoms. The molecular formula is C21H23N3O4S. The van der Waals surface area contributed by atoms with Gasteiger partial charge < -0.3 is 10.5 Å². The molecule has 0 atom stereocenters. The number of nitrogens with zero attached hydrogens (tertiary/aromatic N) is 2. The van der Waals surface area contributed by atoms with E-state index in [1.54, 1.807) is 27.7 Å². The molecule has 3 rings (SSSR count). The first-order valence-electron chi connectivity index (χ1n) is 9.20. The number of esters is 1. The lowest BCUT2D eigenvalue weighted by molar-refractivity contribution is -0.152. The maximum absolute atomic E-state index is 13.6. The topological polar surface area (TPSA) is 104 Å². The number of primary amides is 1. The van der Waals surface area contributed by atoms with E-state index in [2.05, 4.69) is 4.98 Å². The smallest absolute Gasteiger partial charge is 0.331 e. The van der Waals surface area contributed by atoms with E-state index in [4.69, 9.17) is 10.5 Å². The number of benzene rings is 1. The molecule has 2 aromatic heterocycles. The van der Waals surface area contributed by atoms with Crippen LogP contribution in [-0.4, -0.2) is 28.0 Å². The first-order valence-corrected chi connectivity index (χ1v) is 10.0. The van der Waals surface area contributed by atoms with E-state index in [0.29, 0.717) is 21.8 Å². The van der Waals surface area contributed by atoms with Gasteiger partial charge in [0.2, 0.25) is 0 Å². The number of aryl methyl sites for hydroxylation is 2. The Kier molecular flexibility index (Phi) is 5.32. The Labute approximate surface area is 172 Å². The minimum Gasteiger partial charge on any atom is -0.464 e. The summed E-state index contributed by atoms with van der Waals surface area (Å²) in [6.45, 7) is 8.74. The number of amides is 1. The summed E-state index contributed by atoms with van der Waals surface area (Å²) in [5.74, 6) is -0.820. The van der Waals surface area contributed by atoms with Crippen molar-refractivity contribution in [2.24, 2.45) is 5.73 Å². The molecule has 1 amide bonds. The molecule has 7 nitrogen and oxygen atoms in total. The third-order valence-electron chi connectivity index (χ3n) is 4.80. The summed E-state index contributed by atoms with van der Waals surface area (Å²) >= 11 is 1.08. The SMILES string of the molecule is CCOC(=O)C(C)(C)n1c(-c2cccc(C)c2)nc2sc(C(N)=O)c(C)c2c1=O. The Balaban J connectivity index is 2.46. The average molecular weight is 413 g/mol. The van der Waals surface area contributed by atoms with E-state index in [0.717, 1.165) is 16.9 Å². The van der Waals surface area contributed by atoms with Crippen LogP contribution in [0.4, 0.5) is 0 Å². The van der Waals surface area contributed by atoms with Gasteiger partial charge in [-0.1, -0.05) is 23.8 Å². The van der Waals surface area contributed by atoms with E-state index < -0.39 is 23.0 Å². The van der Waals surface area contributed by atoms with Crippen LogP contribution in [0.5, 0.6) is 0 Å². The minimum absolute atomic E-state index is 0.190. The van der Waals surface area contributed by atoms with Gasteiger partial charge in [-0.3, -0.25) is 14.2 Å². The van der Waals surface area contributed by atoms with Gasteiger partial charge in [-0.2, -0.15) is 0 Å². The number of carbonyl (C=O) groups excluding carboxylic acids is 2. The Bertz CT molecular complexity index is 1190. The van der Waals surface area contributed by atoms with Crippen LogP contribution in [0, 0.1) is 13.8 Å². The van der Waals surface area contributed by atoms with Gasteiger partial charge in [-0.15, -0.1) is 11.3 Å². The average Bonchev–Trinajstić information content (AvgIpc) is 2.98. The van der Waals surface area contributed by atoms with Gasteiger partial charge in [0.05, 0.1) is 16.9 Å². The second kappa shape index (κ2) is 7.44. The van der Waals surface area contributed by atoms with Crippen molar-refractivity contribution in [3.05, 3.63) is 50.6 Å². The van der Waals surface area contributed by atoms with E-state index in [1.807, 2.05) is 31.2 Å². The van der Waals surface area contributed by atoms with Gasteiger partial charge in [-0.25, -0.2) is 9.78 Å². The molecule has 0 saturated heterocycles. The number of thiophene rings is 1. The molecule has 29 heavy (non-hydrogen) atoms. The molecule has 0 aliphatic heterocycles. The normalized spacial score (nSPS) is 11.6. The zero-order valence-electron chi connectivity index (χ0n) is 17.0. The summed E-state index contributed by atoms with van der Waals surface area (Å²) in [6.07, 6.45) is 0. The summed E-state index contributed by atoms with van der Waals surface area (Å²) in [7, 11) is 0. The fourth-order valence-electron chi connectivity index (χ4n) is 3.31. The number of carbonyl (C=O) groups is 2. The number of fused-ring (bicyclic) bond motifs is 1. The van der Waals surface area contributed by atoms with E-state index in [9.17, 15) is 14.4 Å². The van der Waals surface area contributed by atoms with Crippen molar-refractivity contribution in [1.29, 1.82) is 0 Å². The largest absolute Gasteiger partial charge is 0.464 e.